The molecule has 0 spiro atoms. The van der Waals surface area contributed by atoms with Crippen LogP contribution in [0.4, 0.5) is 11.4 Å². The predicted molar refractivity (Wildman–Crippen MR) is 92.3 cm³/mol. The maximum atomic E-state index is 12.2. The topological polar surface area (TPSA) is 52.7 Å². The van der Waals surface area contributed by atoms with Crippen molar-refractivity contribution in [3.05, 3.63) is 60.2 Å². The lowest BCUT2D eigenvalue weighted by atomic mass is 10.2. The van der Waals surface area contributed by atoms with Gasteiger partial charge in [-0.15, -0.1) is 0 Å². The fourth-order valence-electron chi connectivity index (χ4n) is 2.25. The number of likely N-dealkylation sites (N-methyl/N-ethyl adjacent to an activating group) is 1. The van der Waals surface area contributed by atoms with E-state index in [1.807, 2.05) is 67.5 Å². The Balaban J connectivity index is 2.04. The quantitative estimate of drug-likeness (QED) is 0.882. The van der Waals surface area contributed by atoms with E-state index in [9.17, 15) is 9.59 Å². The van der Waals surface area contributed by atoms with Crippen LogP contribution < -0.4 is 10.2 Å². The number of benzene rings is 2. The molecule has 0 unspecified atom stereocenters. The maximum absolute atomic E-state index is 12.2. The molecule has 1 N–H and O–H groups in total. The molecule has 2 aromatic rings. The summed E-state index contributed by atoms with van der Waals surface area (Å²) in [5.41, 5.74) is 2.44. The molecule has 0 atom stereocenters. The number of rotatable bonds is 4. The number of hydrogen-bond donors (Lipinski definition) is 1. The number of carbonyl (C=O) groups excluding carboxylic acids is 2. The summed E-state index contributed by atoms with van der Waals surface area (Å²) in [6.45, 7) is 0.391. The lowest BCUT2D eigenvalue weighted by Gasteiger charge is -2.20. The number of para-hydroxylation sites is 2. The number of hydrogen-bond acceptors (Lipinski definition) is 3. The van der Waals surface area contributed by atoms with Gasteiger partial charge in [0.25, 0.3) is 0 Å². The van der Waals surface area contributed by atoms with Gasteiger partial charge in [0.2, 0.25) is 0 Å². The van der Waals surface area contributed by atoms with E-state index < -0.39 is 11.8 Å². The third-order valence-electron chi connectivity index (χ3n) is 3.44. The highest BCUT2D eigenvalue weighted by Crippen LogP contribution is 2.23. The van der Waals surface area contributed by atoms with Gasteiger partial charge >= 0.3 is 11.8 Å². The van der Waals surface area contributed by atoms with E-state index in [1.54, 1.807) is 13.1 Å². The van der Waals surface area contributed by atoms with Crippen LogP contribution in [0.15, 0.2) is 54.6 Å². The van der Waals surface area contributed by atoms with E-state index in [4.69, 9.17) is 0 Å². The standard InChI is InChI=1S/C18H21N3O2/c1-20(2)16-12-8-7-11-15(16)19-17(22)18(23)21(3)13-14-9-5-4-6-10-14/h4-12H,13H2,1-3H3,(H,19,22). The lowest BCUT2D eigenvalue weighted by Crippen LogP contribution is -2.36. The molecule has 0 saturated heterocycles. The van der Waals surface area contributed by atoms with Crippen molar-refractivity contribution in [3.8, 4) is 0 Å². The van der Waals surface area contributed by atoms with Crippen LogP contribution in [-0.4, -0.2) is 37.9 Å². The van der Waals surface area contributed by atoms with Crippen LogP contribution in [-0.2, 0) is 16.1 Å². The molecule has 0 aliphatic heterocycles. The smallest absolute Gasteiger partial charge is 0.313 e. The Hall–Kier alpha value is -2.82. The fourth-order valence-corrected chi connectivity index (χ4v) is 2.25. The van der Waals surface area contributed by atoms with Crippen LogP contribution in [0.25, 0.3) is 0 Å². The molecule has 0 bridgehead atoms. The highest BCUT2D eigenvalue weighted by atomic mass is 16.2. The van der Waals surface area contributed by atoms with Gasteiger partial charge in [0.15, 0.2) is 0 Å². The zero-order valence-corrected chi connectivity index (χ0v) is 13.6. The molecule has 0 aliphatic carbocycles. The minimum Gasteiger partial charge on any atom is -0.376 e. The van der Waals surface area contributed by atoms with Crippen molar-refractivity contribution < 1.29 is 9.59 Å². The molecule has 5 nitrogen and oxygen atoms in total. The zero-order chi connectivity index (χ0) is 16.8. The van der Waals surface area contributed by atoms with Gasteiger partial charge in [-0.05, 0) is 17.7 Å². The Morgan fingerprint density at radius 3 is 2.17 bits per heavy atom. The molecule has 0 saturated carbocycles. The summed E-state index contributed by atoms with van der Waals surface area (Å²) < 4.78 is 0. The number of anilines is 2. The lowest BCUT2D eigenvalue weighted by molar-refractivity contribution is -0.142. The van der Waals surface area contributed by atoms with Gasteiger partial charge in [-0.25, -0.2) is 0 Å². The first-order chi connectivity index (χ1) is 11.0. The molecule has 5 heteroatoms. The van der Waals surface area contributed by atoms with Crippen LogP contribution in [0.1, 0.15) is 5.56 Å². The van der Waals surface area contributed by atoms with E-state index in [0.29, 0.717) is 12.2 Å². The number of nitrogens with one attached hydrogen (secondary N) is 1. The predicted octanol–water partition coefficient (Wildman–Crippen LogP) is 2.35. The van der Waals surface area contributed by atoms with Crippen LogP contribution in [0.5, 0.6) is 0 Å². The Kier molecular flexibility index (Phi) is 5.36. The molecule has 2 amide bonds. The van der Waals surface area contributed by atoms with Crippen molar-refractivity contribution in [2.24, 2.45) is 0 Å². The Bertz CT molecular complexity index is 684. The molecule has 23 heavy (non-hydrogen) atoms. The van der Waals surface area contributed by atoms with Gasteiger partial charge in [0.1, 0.15) is 0 Å². The Labute approximate surface area is 136 Å². The summed E-state index contributed by atoms with van der Waals surface area (Å²) in [6.07, 6.45) is 0. The zero-order valence-electron chi connectivity index (χ0n) is 13.6. The normalized spacial score (nSPS) is 10.0. The monoisotopic (exact) mass is 311 g/mol. The van der Waals surface area contributed by atoms with Crippen LogP contribution >= 0.6 is 0 Å². The average Bonchev–Trinajstić information content (AvgIpc) is 2.55. The van der Waals surface area contributed by atoms with Gasteiger partial charge in [-0.3, -0.25) is 9.59 Å². The first-order valence-electron chi connectivity index (χ1n) is 7.35. The third-order valence-corrected chi connectivity index (χ3v) is 3.44. The summed E-state index contributed by atoms with van der Waals surface area (Å²) in [5.74, 6) is -1.21. The molecule has 0 aliphatic rings. The molecule has 0 aromatic heterocycles. The first kappa shape index (κ1) is 16.5. The highest BCUT2D eigenvalue weighted by molar-refractivity contribution is 6.39. The minimum absolute atomic E-state index is 0.391. The van der Waals surface area contributed by atoms with Crippen LogP contribution in [0.3, 0.4) is 0 Å². The van der Waals surface area contributed by atoms with Crippen molar-refractivity contribution in [2.45, 2.75) is 6.54 Å². The Morgan fingerprint density at radius 2 is 1.52 bits per heavy atom. The van der Waals surface area contributed by atoms with Crippen molar-refractivity contribution in [1.29, 1.82) is 0 Å². The van der Waals surface area contributed by atoms with E-state index in [2.05, 4.69) is 5.32 Å². The molecule has 0 heterocycles. The van der Waals surface area contributed by atoms with Gasteiger partial charge in [-0.2, -0.15) is 0 Å². The molecule has 0 fully saturated rings. The second-order valence-corrected chi connectivity index (χ2v) is 5.51. The largest absolute Gasteiger partial charge is 0.376 e. The van der Waals surface area contributed by atoms with Crippen LogP contribution in [0.2, 0.25) is 0 Å². The summed E-state index contributed by atoms with van der Waals surface area (Å²) in [6, 6.07) is 16.9. The SMILES string of the molecule is CN(Cc1ccccc1)C(=O)C(=O)Nc1ccccc1N(C)C. The number of carbonyl (C=O) groups is 2. The maximum Gasteiger partial charge on any atom is 0.313 e. The summed E-state index contributed by atoms with van der Waals surface area (Å²) in [5, 5.41) is 2.69. The van der Waals surface area contributed by atoms with Gasteiger partial charge in [-0.1, -0.05) is 42.5 Å². The van der Waals surface area contributed by atoms with Crippen molar-refractivity contribution in [3.63, 3.8) is 0 Å². The highest BCUT2D eigenvalue weighted by Gasteiger charge is 2.20. The Morgan fingerprint density at radius 1 is 0.913 bits per heavy atom. The molecular weight excluding hydrogens is 290 g/mol. The summed E-state index contributed by atoms with van der Waals surface area (Å²) in [7, 11) is 5.38. The van der Waals surface area contributed by atoms with E-state index in [1.165, 1.54) is 4.90 Å². The molecular formula is C18H21N3O2. The van der Waals surface area contributed by atoms with Gasteiger partial charge in [0, 0.05) is 27.7 Å². The van der Waals surface area contributed by atoms with Crippen molar-refractivity contribution in [2.75, 3.05) is 31.4 Å². The minimum atomic E-state index is -0.641. The van der Waals surface area contributed by atoms with Crippen molar-refractivity contribution in [1.82, 2.24) is 4.90 Å². The molecule has 2 rings (SSSR count). The number of amides is 2. The molecule has 0 radical (unpaired) electrons. The second-order valence-electron chi connectivity index (χ2n) is 5.51. The summed E-state index contributed by atoms with van der Waals surface area (Å²) in [4.78, 5) is 27.7. The number of nitrogens with zero attached hydrogens (tertiary/aromatic N) is 2. The molecule has 120 valence electrons. The first-order valence-corrected chi connectivity index (χ1v) is 7.35. The van der Waals surface area contributed by atoms with E-state index in [-0.39, 0.29) is 0 Å². The van der Waals surface area contributed by atoms with Gasteiger partial charge < -0.3 is 15.1 Å². The van der Waals surface area contributed by atoms with Crippen LogP contribution in [0, 0.1) is 0 Å². The molecule has 2 aromatic carbocycles. The van der Waals surface area contributed by atoms with E-state index in [0.717, 1.165) is 11.3 Å². The second kappa shape index (κ2) is 7.45. The third kappa shape index (κ3) is 4.32. The van der Waals surface area contributed by atoms with Gasteiger partial charge in [0.05, 0.1) is 11.4 Å². The average molecular weight is 311 g/mol. The van der Waals surface area contributed by atoms with E-state index >= 15 is 0 Å². The summed E-state index contributed by atoms with van der Waals surface area (Å²) >= 11 is 0. The fraction of sp³-hybridized carbons (Fsp3) is 0.222. The van der Waals surface area contributed by atoms with Crippen molar-refractivity contribution >= 4 is 23.2 Å².